The smallest absolute Gasteiger partial charge is 0.339 e. The van der Waals surface area contributed by atoms with Gasteiger partial charge in [0.15, 0.2) is 6.29 Å². The summed E-state index contributed by atoms with van der Waals surface area (Å²) >= 11 is 0. The molecule has 0 atom stereocenters. The van der Waals surface area contributed by atoms with Crippen molar-refractivity contribution < 1.29 is 71.9 Å². The third kappa shape index (κ3) is 9.29. The summed E-state index contributed by atoms with van der Waals surface area (Å²) in [6.45, 7) is 7.10. The Morgan fingerprint density at radius 1 is 0.457 bits per heavy atom. The molecular formula is C63H46F12N2O4. The zero-order chi connectivity index (χ0) is 58.6. The van der Waals surface area contributed by atoms with Gasteiger partial charge in [-0.05, 0) is 175 Å². The molecule has 0 radical (unpaired) electrons. The normalized spacial score (nSPS) is 13.5. The molecule has 1 aliphatic rings. The molecule has 416 valence electrons. The van der Waals surface area contributed by atoms with E-state index in [-0.39, 0.29) is 123 Å². The Balaban J connectivity index is 1.51. The van der Waals surface area contributed by atoms with Crippen LogP contribution in [0.1, 0.15) is 117 Å². The summed E-state index contributed by atoms with van der Waals surface area (Å²) in [7, 11) is 1.51. The SMILES string of the molecule is CCC(CC)N(C)C(=O)c1c(-c2ccc(C(F)(F)F)cc2)cc2c3cc(-c4ccc(C(F)(F)F)cc4)c4c5c(c(-c6ccc(C(F)(F)F)cc6)cc(c6cc(-c7ccc(C(F)(F)F)cc7)c(C=O)c1c62)c53)C(=O)N(C(CC)CC)C4=O. The van der Waals surface area contributed by atoms with Gasteiger partial charge in [-0.2, -0.15) is 52.7 Å². The van der Waals surface area contributed by atoms with Crippen LogP contribution >= 0.6 is 0 Å². The fraction of sp³-hybridized carbons (Fsp3) is 0.238. The number of fused-ring (bicyclic) bond motifs is 2. The minimum atomic E-state index is -4.81. The molecule has 0 saturated carbocycles. The van der Waals surface area contributed by atoms with E-state index in [1.807, 2.05) is 13.8 Å². The quantitative estimate of drug-likeness (QED) is 0.0402. The number of nitrogens with zero attached hydrogens (tertiary/aromatic N) is 2. The molecule has 0 unspecified atom stereocenters. The molecule has 1 aliphatic heterocycles. The Morgan fingerprint density at radius 3 is 1.09 bits per heavy atom. The average Bonchev–Trinajstić information content (AvgIpc) is 3.42. The summed E-state index contributed by atoms with van der Waals surface area (Å²) in [5, 5.41) is 0.735. The second-order valence-corrected chi connectivity index (χ2v) is 20.2. The third-order valence-electron chi connectivity index (χ3n) is 15.8. The van der Waals surface area contributed by atoms with E-state index in [1.54, 1.807) is 13.8 Å². The molecule has 0 bridgehead atoms. The number of aldehydes is 1. The fourth-order valence-corrected chi connectivity index (χ4v) is 11.7. The zero-order valence-corrected chi connectivity index (χ0v) is 43.7. The Labute approximate surface area is 454 Å². The minimum Gasteiger partial charge on any atom is -0.339 e. The number of amides is 3. The van der Waals surface area contributed by atoms with Crippen molar-refractivity contribution in [2.45, 2.75) is 90.2 Å². The molecule has 1 heterocycles. The molecule has 9 aromatic carbocycles. The number of alkyl halides is 12. The van der Waals surface area contributed by atoms with Crippen molar-refractivity contribution in [3.63, 3.8) is 0 Å². The molecule has 81 heavy (non-hydrogen) atoms. The Kier molecular flexibility index (Phi) is 13.9. The Bertz CT molecular complexity index is 3870. The lowest BCUT2D eigenvalue weighted by Crippen LogP contribution is -2.47. The summed E-state index contributed by atoms with van der Waals surface area (Å²) in [6, 6.07) is 20.2. The van der Waals surface area contributed by atoms with E-state index < -0.39 is 76.8 Å². The van der Waals surface area contributed by atoms with Crippen molar-refractivity contribution in [2.24, 2.45) is 0 Å². The first kappa shape index (κ1) is 56.0. The van der Waals surface area contributed by atoms with Crippen LogP contribution in [0.3, 0.4) is 0 Å². The van der Waals surface area contributed by atoms with Crippen LogP contribution in [0.4, 0.5) is 52.7 Å². The summed E-state index contributed by atoms with van der Waals surface area (Å²) in [5.41, 5.74) is -4.88. The number of imide groups is 1. The second kappa shape index (κ2) is 20.1. The van der Waals surface area contributed by atoms with Gasteiger partial charge in [0.2, 0.25) is 0 Å². The maximum atomic E-state index is 15.7. The summed E-state index contributed by atoms with van der Waals surface area (Å²) in [4.78, 5) is 63.4. The molecule has 6 nitrogen and oxygen atoms in total. The lowest BCUT2D eigenvalue weighted by molar-refractivity contribution is -0.138. The van der Waals surface area contributed by atoms with Gasteiger partial charge in [-0.1, -0.05) is 76.2 Å². The monoisotopic (exact) mass is 1120 g/mol. The number of hydrogen-bond acceptors (Lipinski definition) is 4. The number of benzene rings is 9. The summed E-state index contributed by atoms with van der Waals surface area (Å²) in [6.07, 6.45) is -17.5. The predicted molar refractivity (Wildman–Crippen MR) is 286 cm³/mol. The summed E-state index contributed by atoms with van der Waals surface area (Å²) < 4.78 is 171. The first-order valence-electron chi connectivity index (χ1n) is 25.8. The first-order chi connectivity index (χ1) is 38.2. The molecule has 18 heteroatoms. The average molecular weight is 1120 g/mol. The maximum Gasteiger partial charge on any atom is 0.416 e. The van der Waals surface area contributed by atoms with Gasteiger partial charge in [-0.25, -0.2) is 0 Å². The molecule has 0 aliphatic carbocycles. The number of carbonyl (C=O) groups is 4. The van der Waals surface area contributed by atoms with Crippen LogP contribution in [0.2, 0.25) is 0 Å². The van der Waals surface area contributed by atoms with Crippen LogP contribution in [-0.2, 0) is 24.7 Å². The third-order valence-corrected chi connectivity index (χ3v) is 15.8. The molecule has 0 aromatic heterocycles. The predicted octanol–water partition coefficient (Wildman–Crippen LogP) is 18.3. The number of halogens is 12. The number of rotatable bonds is 12. The molecule has 0 spiro atoms. The van der Waals surface area contributed by atoms with Gasteiger partial charge in [-0.15, -0.1) is 0 Å². The lowest BCUT2D eigenvalue weighted by Gasteiger charge is -2.36. The maximum absolute atomic E-state index is 15.7. The number of hydrogen-bond donors (Lipinski definition) is 0. The Hall–Kier alpha value is -8.28. The molecule has 9 aromatic rings. The van der Waals surface area contributed by atoms with Crippen molar-refractivity contribution in [2.75, 3.05) is 7.05 Å². The largest absolute Gasteiger partial charge is 0.416 e. The lowest BCUT2D eigenvalue weighted by atomic mass is 9.76. The van der Waals surface area contributed by atoms with Gasteiger partial charge < -0.3 is 4.90 Å². The molecule has 3 amide bonds. The molecule has 10 rings (SSSR count). The first-order valence-corrected chi connectivity index (χ1v) is 25.8. The molecular weight excluding hydrogens is 1080 g/mol. The zero-order valence-electron chi connectivity index (χ0n) is 43.7. The van der Waals surface area contributed by atoms with Crippen molar-refractivity contribution in [3.05, 3.63) is 166 Å². The standard InChI is InChI=1S/C63H46F12N2O4/c1-6-39(7-2)76(5)57(79)53-42(32-12-20-36(21-13-32)61(67,68)69)27-46-48-29-44(34-16-24-38(25-17-34)63(73,74)75)55-56-51(48)47(45-26-41(49(30-78)52(53)50(45)46)31-10-18-35(19-11-31)60(64,65)66)28-43(33-14-22-37(23-15-33)62(70,71)72)54(56)58(80)77(59(55)81)40(8-3)9-4/h10-30,39-40H,6-9H2,1-5H3. The van der Waals surface area contributed by atoms with Crippen LogP contribution in [0, 0.1) is 0 Å². The van der Waals surface area contributed by atoms with E-state index in [0.29, 0.717) is 19.1 Å². The van der Waals surface area contributed by atoms with Gasteiger partial charge in [0, 0.05) is 35.5 Å². The van der Waals surface area contributed by atoms with Crippen molar-refractivity contribution >= 4 is 67.1 Å². The minimum absolute atomic E-state index is 0.00487. The van der Waals surface area contributed by atoms with Crippen molar-refractivity contribution in [3.8, 4) is 44.5 Å². The highest BCUT2D eigenvalue weighted by Gasteiger charge is 2.43. The Morgan fingerprint density at radius 2 is 0.765 bits per heavy atom. The van der Waals surface area contributed by atoms with Crippen molar-refractivity contribution in [1.82, 2.24) is 9.80 Å². The van der Waals surface area contributed by atoms with Crippen LogP contribution < -0.4 is 0 Å². The van der Waals surface area contributed by atoms with E-state index in [1.165, 1.54) is 36.2 Å². The highest BCUT2D eigenvalue weighted by molar-refractivity contribution is 6.43. The van der Waals surface area contributed by atoms with Crippen LogP contribution in [0.25, 0.3) is 87.6 Å². The molecule has 0 saturated heterocycles. The van der Waals surface area contributed by atoms with Crippen LogP contribution in [0.5, 0.6) is 0 Å². The van der Waals surface area contributed by atoms with E-state index in [4.69, 9.17) is 0 Å². The van der Waals surface area contributed by atoms with Gasteiger partial charge >= 0.3 is 24.7 Å². The second-order valence-electron chi connectivity index (χ2n) is 20.2. The van der Waals surface area contributed by atoms with Crippen molar-refractivity contribution in [1.29, 1.82) is 0 Å². The molecule has 0 fully saturated rings. The van der Waals surface area contributed by atoms with Crippen LogP contribution in [0.15, 0.2) is 121 Å². The van der Waals surface area contributed by atoms with Crippen LogP contribution in [-0.4, -0.2) is 52.9 Å². The highest BCUT2D eigenvalue weighted by Crippen LogP contribution is 2.54. The van der Waals surface area contributed by atoms with Gasteiger partial charge in [0.05, 0.1) is 38.9 Å². The van der Waals surface area contributed by atoms with Gasteiger partial charge in [0.25, 0.3) is 17.7 Å². The molecule has 0 N–H and O–H groups in total. The highest BCUT2D eigenvalue weighted by atomic mass is 19.4. The van der Waals surface area contributed by atoms with Gasteiger partial charge in [0.1, 0.15) is 0 Å². The number of carbonyl (C=O) groups excluding carboxylic acids is 4. The summed E-state index contributed by atoms with van der Waals surface area (Å²) in [5.74, 6) is -2.42. The van der Waals surface area contributed by atoms with Gasteiger partial charge in [-0.3, -0.25) is 24.1 Å². The van der Waals surface area contributed by atoms with E-state index in [9.17, 15) is 57.5 Å². The van der Waals surface area contributed by atoms with E-state index in [2.05, 4.69) is 0 Å². The van der Waals surface area contributed by atoms with E-state index >= 15 is 14.4 Å². The fourth-order valence-electron chi connectivity index (χ4n) is 11.7. The topological polar surface area (TPSA) is 74.8 Å². The van der Waals surface area contributed by atoms with E-state index in [0.717, 1.165) is 102 Å².